The number of nitrogens with zero attached hydrogens (tertiary/aromatic N) is 3. The number of imidazole rings is 1. The Labute approximate surface area is 118 Å². The third-order valence-electron chi connectivity index (χ3n) is 3.57. The number of rotatable bonds is 3. The van der Waals surface area contributed by atoms with Crippen LogP contribution in [-0.2, 0) is 6.54 Å². The zero-order chi connectivity index (χ0) is 13.9. The topological polar surface area (TPSA) is 41.6 Å². The van der Waals surface area contributed by atoms with Crippen molar-refractivity contribution in [3.63, 3.8) is 0 Å². The second kappa shape index (κ2) is 5.18. The van der Waals surface area contributed by atoms with Gasteiger partial charge in [0, 0.05) is 6.54 Å². The number of aromatic nitrogens is 2. The van der Waals surface area contributed by atoms with Gasteiger partial charge in [-0.2, -0.15) is 5.26 Å². The summed E-state index contributed by atoms with van der Waals surface area (Å²) in [6, 6.07) is 20.4. The number of hydrogen-bond donors (Lipinski definition) is 0. The maximum Gasteiger partial charge on any atom is 0.106 e. The standard InChI is InChI=1S/C17H15N3/c1-13-19-16-9-5-6-10-17(16)20(13)12-15(11-18)14-7-3-2-4-8-14/h2-10,15H,12H2,1H3. The second-order valence-corrected chi connectivity index (χ2v) is 4.85. The summed E-state index contributed by atoms with van der Waals surface area (Å²) in [4.78, 5) is 4.55. The van der Waals surface area contributed by atoms with E-state index in [0.29, 0.717) is 6.54 Å². The summed E-state index contributed by atoms with van der Waals surface area (Å²) < 4.78 is 2.12. The number of para-hydroxylation sites is 2. The van der Waals surface area contributed by atoms with Gasteiger partial charge in [0.1, 0.15) is 5.82 Å². The van der Waals surface area contributed by atoms with Gasteiger partial charge in [0.15, 0.2) is 0 Å². The number of nitriles is 1. The lowest BCUT2D eigenvalue weighted by atomic mass is 10.0. The van der Waals surface area contributed by atoms with Crippen molar-refractivity contribution in [1.29, 1.82) is 5.26 Å². The van der Waals surface area contributed by atoms with Crippen molar-refractivity contribution in [3.8, 4) is 6.07 Å². The normalized spacial score (nSPS) is 12.2. The molecular formula is C17H15N3. The third-order valence-corrected chi connectivity index (χ3v) is 3.57. The van der Waals surface area contributed by atoms with Crippen LogP contribution in [0.4, 0.5) is 0 Å². The van der Waals surface area contributed by atoms with E-state index in [0.717, 1.165) is 22.4 Å². The van der Waals surface area contributed by atoms with Gasteiger partial charge in [0.05, 0.1) is 23.0 Å². The smallest absolute Gasteiger partial charge is 0.106 e. The first-order chi connectivity index (χ1) is 9.79. The van der Waals surface area contributed by atoms with Crippen LogP contribution in [0, 0.1) is 18.3 Å². The zero-order valence-corrected chi connectivity index (χ0v) is 11.3. The molecule has 2 aromatic carbocycles. The number of hydrogen-bond acceptors (Lipinski definition) is 2. The van der Waals surface area contributed by atoms with Crippen LogP contribution in [0.2, 0.25) is 0 Å². The van der Waals surface area contributed by atoms with Crippen LogP contribution in [0.1, 0.15) is 17.3 Å². The average molecular weight is 261 g/mol. The Hall–Kier alpha value is -2.60. The molecule has 1 atom stereocenters. The predicted molar refractivity (Wildman–Crippen MR) is 79.3 cm³/mol. The van der Waals surface area contributed by atoms with Crippen molar-refractivity contribution in [2.75, 3.05) is 0 Å². The van der Waals surface area contributed by atoms with Gasteiger partial charge in [-0.05, 0) is 24.6 Å². The molecule has 0 N–H and O–H groups in total. The van der Waals surface area contributed by atoms with Gasteiger partial charge >= 0.3 is 0 Å². The number of benzene rings is 2. The Morgan fingerprint density at radius 2 is 1.80 bits per heavy atom. The van der Waals surface area contributed by atoms with E-state index in [1.165, 1.54) is 0 Å². The van der Waals surface area contributed by atoms with Gasteiger partial charge in [-0.3, -0.25) is 0 Å². The fraction of sp³-hybridized carbons (Fsp3) is 0.176. The van der Waals surface area contributed by atoms with Crippen molar-refractivity contribution >= 4 is 11.0 Å². The summed E-state index contributed by atoms with van der Waals surface area (Å²) >= 11 is 0. The van der Waals surface area contributed by atoms with Crippen LogP contribution < -0.4 is 0 Å². The Kier molecular flexibility index (Phi) is 3.22. The highest BCUT2D eigenvalue weighted by Crippen LogP contribution is 2.22. The maximum atomic E-state index is 9.46. The first kappa shape index (κ1) is 12.4. The van der Waals surface area contributed by atoms with Gasteiger partial charge in [-0.25, -0.2) is 4.98 Å². The molecule has 0 spiro atoms. The molecule has 3 nitrogen and oxygen atoms in total. The lowest BCUT2D eigenvalue weighted by Crippen LogP contribution is -2.09. The van der Waals surface area contributed by atoms with Crippen LogP contribution in [0.25, 0.3) is 11.0 Å². The van der Waals surface area contributed by atoms with Crippen LogP contribution in [-0.4, -0.2) is 9.55 Å². The van der Waals surface area contributed by atoms with Gasteiger partial charge in [0.2, 0.25) is 0 Å². The van der Waals surface area contributed by atoms with Crippen LogP contribution in [0.3, 0.4) is 0 Å². The molecule has 3 aromatic rings. The van der Waals surface area contributed by atoms with Crippen LogP contribution in [0.5, 0.6) is 0 Å². The molecule has 0 aliphatic rings. The molecule has 1 unspecified atom stereocenters. The maximum absolute atomic E-state index is 9.46. The Morgan fingerprint density at radius 1 is 1.10 bits per heavy atom. The molecule has 0 bridgehead atoms. The van der Waals surface area contributed by atoms with Gasteiger partial charge < -0.3 is 4.57 Å². The minimum Gasteiger partial charge on any atom is -0.327 e. The van der Waals surface area contributed by atoms with Crippen molar-refractivity contribution in [1.82, 2.24) is 9.55 Å². The van der Waals surface area contributed by atoms with E-state index in [9.17, 15) is 5.26 Å². The summed E-state index contributed by atoms with van der Waals surface area (Å²) in [6.07, 6.45) is 0. The van der Waals surface area contributed by atoms with E-state index in [2.05, 4.69) is 21.7 Å². The number of fused-ring (bicyclic) bond motifs is 1. The van der Waals surface area contributed by atoms with Crippen LogP contribution >= 0.6 is 0 Å². The van der Waals surface area contributed by atoms with E-state index in [-0.39, 0.29) is 5.92 Å². The summed E-state index contributed by atoms with van der Waals surface area (Å²) in [5, 5.41) is 9.46. The molecule has 98 valence electrons. The van der Waals surface area contributed by atoms with E-state index in [4.69, 9.17) is 0 Å². The summed E-state index contributed by atoms with van der Waals surface area (Å²) in [5.41, 5.74) is 3.11. The summed E-state index contributed by atoms with van der Waals surface area (Å²) in [7, 11) is 0. The SMILES string of the molecule is Cc1nc2ccccc2n1CC(C#N)c1ccccc1. The molecule has 0 saturated carbocycles. The Balaban J connectivity index is 2.00. The molecule has 1 heterocycles. The lowest BCUT2D eigenvalue weighted by molar-refractivity contribution is 0.644. The molecule has 0 saturated heterocycles. The highest BCUT2D eigenvalue weighted by atomic mass is 15.1. The van der Waals surface area contributed by atoms with Crippen LogP contribution in [0.15, 0.2) is 54.6 Å². The van der Waals surface area contributed by atoms with E-state index < -0.39 is 0 Å². The molecule has 0 amide bonds. The van der Waals surface area contributed by atoms with Crippen molar-refractivity contribution in [2.24, 2.45) is 0 Å². The molecule has 0 fully saturated rings. The minimum absolute atomic E-state index is 0.160. The van der Waals surface area contributed by atoms with Crippen molar-refractivity contribution in [2.45, 2.75) is 19.4 Å². The second-order valence-electron chi connectivity index (χ2n) is 4.85. The molecular weight excluding hydrogens is 246 g/mol. The molecule has 3 heteroatoms. The largest absolute Gasteiger partial charge is 0.327 e. The fourth-order valence-electron chi connectivity index (χ4n) is 2.52. The number of aryl methyl sites for hydroxylation is 1. The fourth-order valence-corrected chi connectivity index (χ4v) is 2.52. The molecule has 0 aliphatic carbocycles. The van der Waals surface area contributed by atoms with E-state index in [1.807, 2.05) is 55.5 Å². The van der Waals surface area contributed by atoms with Crippen molar-refractivity contribution in [3.05, 3.63) is 66.0 Å². The molecule has 3 rings (SSSR count). The van der Waals surface area contributed by atoms with E-state index in [1.54, 1.807) is 0 Å². The first-order valence-corrected chi connectivity index (χ1v) is 6.66. The molecule has 0 aliphatic heterocycles. The average Bonchev–Trinajstić information content (AvgIpc) is 2.81. The lowest BCUT2D eigenvalue weighted by Gasteiger charge is -2.12. The Bertz CT molecular complexity index is 766. The minimum atomic E-state index is -0.160. The highest BCUT2D eigenvalue weighted by molar-refractivity contribution is 5.75. The monoisotopic (exact) mass is 261 g/mol. The van der Waals surface area contributed by atoms with Gasteiger partial charge in [-0.15, -0.1) is 0 Å². The molecule has 20 heavy (non-hydrogen) atoms. The predicted octanol–water partition coefficient (Wildman–Crippen LogP) is 3.65. The highest BCUT2D eigenvalue weighted by Gasteiger charge is 2.14. The molecule has 1 aromatic heterocycles. The van der Waals surface area contributed by atoms with Gasteiger partial charge in [-0.1, -0.05) is 42.5 Å². The molecule has 0 radical (unpaired) electrons. The third kappa shape index (κ3) is 2.17. The summed E-state index contributed by atoms with van der Waals surface area (Å²) in [5.74, 6) is 0.787. The Morgan fingerprint density at radius 3 is 2.55 bits per heavy atom. The zero-order valence-electron chi connectivity index (χ0n) is 11.3. The van der Waals surface area contributed by atoms with E-state index >= 15 is 0 Å². The first-order valence-electron chi connectivity index (χ1n) is 6.66. The quantitative estimate of drug-likeness (QED) is 0.722. The van der Waals surface area contributed by atoms with Crippen molar-refractivity contribution < 1.29 is 0 Å². The summed E-state index contributed by atoms with van der Waals surface area (Å²) in [6.45, 7) is 2.62. The van der Waals surface area contributed by atoms with Gasteiger partial charge in [0.25, 0.3) is 0 Å².